The van der Waals surface area contributed by atoms with E-state index in [-0.39, 0.29) is 11.9 Å². The van der Waals surface area contributed by atoms with Gasteiger partial charge in [0.25, 0.3) is 0 Å². The molecule has 178 valence electrons. The van der Waals surface area contributed by atoms with Gasteiger partial charge in [-0.2, -0.15) is 0 Å². The molecular weight excluding hydrogens is 428 g/mol. The van der Waals surface area contributed by atoms with Crippen molar-refractivity contribution in [1.29, 1.82) is 0 Å². The molecule has 4 aromatic rings. The van der Waals surface area contributed by atoms with Crippen LogP contribution >= 0.6 is 0 Å². The van der Waals surface area contributed by atoms with E-state index in [1.165, 1.54) is 39.1 Å². The first kappa shape index (κ1) is 22.3. The minimum atomic E-state index is -0.664. The fourth-order valence-electron chi connectivity index (χ4n) is 6.84. The Morgan fingerprint density at radius 3 is 2.26 bits per heavy atom. The third-order valence-corrected chi connectivity index (χ3v) is 9.19. The Labute approximate surface area is 208 Å². The minimum Gasteiger partial charge on any atom is -0.455 e. The van der Waals surface area contributed by atoms with Gasteiger partial charge in [0.1, 0.15) is 5.60 Å². The first-order valence-electron chi connectivity index (χ1n) is 13.1. The van der Waals surface area contributed by atoms with E-state index in [0.29, 0.717) is 17.8 Å². The second-order valence-electron chi connectivity index (χ2n) is 11.5. The third kappa shape index (κ3) is 3.75. The van der Waals surface area contributed by atoms with Crippen LogP contribution in [-0.4, -0.2) is 5.97 Å². The van der Waals surface area contributed by atoms with Gasteiger partial charge in [-0.05, 0) is 101 Å². The summed E-state index contributed by atoms with van der Waals surface area (Å²) in [6.07, 6.45) is 2.19. The van der Waals surface area contributed by atoms with Crippen LogP contribution in [0.15, 0.2) is 78.9 Å². The molecule has 2 fully saturated rings. The minimum absolute atomic E-state index is 0.00707. The molecule has 0 saturated heterocycles. The number of benzene rings is 4. The molecule has 2 bridgehead atoms. The van der Waals surface area contributed by atoms with Crippen LogP contribution in [0.1, 0.15) is 46.1 Å². The van der Waals surface area contributed by atoms with Crippen LogP contribution < -0.4 is 0 Å². The van der Waals surface area contributed by atoms with Crippen LogP contribution in [0.2, 0.25) is 0 Å². The van der Waals surface area contributed by atoms with Gasteiger partial charge in [0.2, 0.25) is 0 Å². The Balaban J connectivity index is 1.30. The topological polar surface area (TPSA) is 26.3 Å². The Bertz CT molecular complexity index is 1420. The molecule has 2 heteroatoms. The van der Waals surface area contributed by atoms with Crippen molar-refractivity contribution in [3.8, 4) is 11.1 Å². The second-order valence-corrected chi connectivity index (χ2v) is 11.5. The molecule has 35 heavy (non-hydrogen) atoms. The normalized spacial score (nSPS) is 25.9. The Morgan fingerprint density at radius 1 is 0.771 bits per heavy atom. The molecule has 0 heterocycles. The van der Waals surface area contributed by atoms with E-state index >= 15 is 0 Å². The molecule has 2 aliphatic carbocycles. The van der Waals surface area contributed by atoms with E-state index in [2.05, 4.69) is 86.6 Å². The van der Waals surface area contributed by atoms with Gasteiger partial charge in [-0.1, -0.05) is 80.6 Å². The number of rotatable bonds is 4. The summed E-state index contributed by atoms with van der Waals surface area (Å²) in [5, 5.41) is 4.87. The average Bonchev–Trinajstić information content (AvgIpc) is 3.43. The molecule has 0 aromatic heterocycles. The zero-order chi connectivity index (χ0) is 24.3. The van der Waals surface area contributed by atoms with E-state index in [9.17, 15) is 4.79 Å². The van der Waals surface area contributed by atoms with Crippen molar-refractivity contribution in [3.05, 3.63) is 84.4 Å². The van der Waals surface area contributed by atoms with Crippen LogP contribution in [0.5, 0.6) is 0 Å². The summed E-state index contributed by atoms with van der Waals surface area (Å²) < 4.78 is 6.22. The van der Waals surface area contributed by atoms with Crippen molar-refractivity contribution in [2.75, 3.05) is 0 Å². The third-order valence-electron chi connectivity index (χ3n) is 9.19. The van der Waals surface area contributed by atoms with Crippen LogP contribution in [0.25, 0.3) is 32.7 Å². The summed E-state index contributed by atoms with van der Waals surface area (Å²) in [5.41, 5.74) is 2.82. The molecule has 0 radical (unpaired) electrons. The van der Waals surface area contributed by atoms with Gasteiger partial charge in [-0.3, -0.25) is 4.79 Å². The lowest BCUT2D eigenvalue weighted by Crippen LogP contribution is -2.35. The van der Waals surface area contributed by atoms with Gasteiger partial charge in [-0.25, -0.2) is 0 Å². The highest BCUT2D eigenvalue weighted by molar-refractivity contribution is 6.08. The van der Waals surface area contributed by atoms with Gasteiger partial charge in [0.05, 0.1) is 5.92 Å². The number of ether oxygens (including phenoxy) is 1. The molecule has 4 aromatic carbocycles. The largest absolute Gasteiger partial charge is 0.455 e. The van der Waals surface area contributed by atoms with Crippen LogP contribution in [0, 0.1) is 29.6 Å². The van der Waals surface area contributed by atoms with Crippen molar-refractivity contribution in [2.24, 2.45) is 29.6 Å². The molecule has 2 aliphatic rings. The highest BCUT2D eigenvalue weighted by atomic mass is 16.6. The predicted molar refractivity (Wildman–Crippen MR) is 144 cm³/mol. The van der Waals surface area contributed by atoms with Gasteiger partial charge < -0.3 is 4.74 Å². The lowest BCUT2D eigenvalue weighted by atomic mass is 9.75. The molecule has 0 aliphatic heterocycles. The standard InChI is InChI=1S/C33H34O2/c1-20-21(2)29-18-26(20)19-31(29)32(34)35-33(3,4)27-14-15-28-25(16-27)13-11-23-10-12-24(17-30(23)28)22-8-6-5-7-9-22/h5-17,20-21,26,29,31H,18-19H2,1-4H3. The smallest absolute Gasteiger partial charge is 0.310 e. The maximum atomic E-state index is 13.3. The fraction of sp³-hybridized carbons (Fsp3) is 0.364. The highest BCUT2D eigenvalue weighted by Crippen LogP contribution is 2.55. The van der Waals surface area contributed by atoms with E-state index in [4.69, 9.17) is 4.74 Å². The second kappa shape index (κ2) is 8.22. The average molecular weight is 463 g/mol. The van der Waals surface area contributed by atoms with Crippen LogP contribution in [0.3, 0.4) is 0 Å². The van der Waals surface area contributed by atoms with E-state index in [0.717, 1.165) is 17.9 Å². The molecule has 2 saturated carbocycles. The molecule has 5 atom stereocenters. The summed E-state index contributed by atoms with van der Waals surface area (Å²) in [5.74, 6) is 2.57. The quantitative estimate of drug-likeness (QED) is 0.225. The monoisotopic (exact) mass is 462 g/mol. The van der Waals surface area contributed by atoms with Crippen molar-refractivity contribution in [3.63, 3.8) is 0 Å². The highest BCUT2D eigenvalue weighted by Gasteiger charge is 2.52. The van der Waals surface area contributed by atoms with Crippen molar-refractivity contribution >= 4 is 27.5 Å². The number of hydrogen-bond acceptors (Lipinski definition) is 2. The Kier molecular flexibility index (Phi) is 5.25. The summed E-state index contributed by atoms with van der Waals surface area (Å²) in [7, 11) is 0. The van der Waals surface area contributed by atoms with Crippen LogP contribution in [0.4, 0.5) is 0 Å². The summed E-state index contributed by atoms with van der Waals surface area (Å²) in [4.78, 5) is 13.3. The number of carbonyl (C=O) groups excluding carboxylic acids is 1. The summed E-state index contributed by atoms with van der Waals surface area (Å²) in [6, 6.07) is 28.1. The summed E-state index contributed by atoms with van der Waals surface area (Å²) in [6.45, 7) is 8.72. The van der Waals surface area contributed by atoms with Crippen molar-refractivity contribution < 1.29 is 9.53 Å². The number of fused-ring (bicyclic) bond motifs is 5. The fourth-order valence-corrected chi connectivity index (χ4v) is 6.84. The van der Waals surface area contributed by atoms with Crippen LogP contribution in [-0.2, 0) is 15.1 Å². The SMILES string of the molecule is CC1C2CC(C(=O)OC(C)(C)c3ccc4c(ccc5ccc(-c6ccccc6)cc54)c3)C(C2)C1C. The summed E-state index contributed by atoms with van der Waals surface area (Å²) >= 11 is 0. The van der Waals surface area contributed by atoms with E-state index < -0.39 is 5.60 Å². The zero-order valence-corrected chi connectivity index (χ0v) is 21.1. The predicted octanol–water partition coefficient (Wildman–Crippen LogP) is 8.37. The lowest BCUT2D eigenvalue weighted by molar-refractivity contribution is -0.165. The number of hydrogen-bond donors (Lipinski definition) is 0. The van der Waals surface area contributed by atoms with Crippen molar-refractivity contribution in [2.45, 2.75) is 46.1 Å². The maximum absolute atomic E-state index is 13.3. The number of esters is 1. The Hall–Kier alpha value is -3.13. The van der Waals surface area contributed by atoms with Gasteiger partial charge in [0, 0.05) is 0 Å². The van der Waals surface area contributed by atoms with Gasteiger partial charge in [-0.15, -0.1) is 0 Å². The first-order chi connectivity index (χ1) is 16.8. The molecule has 5 unspecified atom stereocenters. The van der Waals surface area contributed by atoms with E-state index in [1.807, 2.05) is 19.9 Å². The molecular formula is C33H34O2. The van der Waals surface area contributed by atoms with Gasteiger partial charge in [0.15, 0.2) is 0 Å². The van der Waals surface area contributed by atoms with Crippen molar-refractivity contribution in [1.82, 2.24) is 0 Å². The lowest BCUT2D eigenvalue weighted by Gasteiger charge is -2.33. The zero-order valence-electron chi connectivity index (χ0n) is 21.1. The molecule has 0 spiro atoms. The first-order valence-corrected chi connectivity index (χ1v) is 13.1. The molecule has 6 rings (SSSR count). The van der Waals surface area contributed by atoms with Gasteiger partial charge >= 0.3 is 5.97 Å². The Morgan fingerprint density at radius 2 is 1.51 bits per heavy atom. The molecule has 2 nitrogen and oxygen atoms in total. The molecule has 0 N–H and O–H groups in total. The maximum Gasteiger partial charge on any atom is 0.310 e. The molecule has 0 amide bonds. The van der Waals surface area contributed by atoms with E-state index in [1.54, 1.807) is 0 Å². The number of carbonyl (C=O) groups is 1.